The van der Waals surface area contributed by atoms with E-state index in [1.165, 1.54) is 57.4 Å². The summed E-state index contributed by atoms with van der Waals surface area (Å²) in [6.07, 6.45) is 0. The van der Waals surface area contributed by atoms with Crippen molar-refractivity contribution < 1.29 is 0 Å². The summed E-state index contributed by atoms with van der Waals surface area (Å²) in [5.74, 6) is 0. The molecule has 0 aliphatic carbocycles. The molecule has 0 aliphatic rings. The van der Waals surface area contributed by atoms with Crippen molar-refractivity contribution in [3.63, 3.8) is 0 Å². The van der Waals surface area contributed by atoms with Gasteiger partial charge in [0.1, 0.15) is 0 Å². The average molecular weight is 432 g/mol. The molecule has 7 aromatic rings. The van der Waals surface area contributed by atoms with Crippen LogP contribution in [0.3, 0.4) is 0 Å². The van der Waals surface area contributed by atoms with Gasteiger partial charge in [-0.05, 0) is 35.4 Å². The summed E-state index contributed by atoms with van der Waals surface area (Å²) >= 11 is 3.82. The van der Waals surface area contributed by atoms with E-state index in [-0.39, 0.29) is 0 Å². The molecule has 0 spiro atoms. The van der Waals surface area contributed by atoms with Crippen LogP contribution in [0.1, 0.15) is 0 Å². The van der Waals surface area contributed by atoms with E-state index in [0.29, 0.717) is 0 Å². The quantitative estimate of drug-likeness (QED) is 0.257. The van der Waals surface area contributed by atoms with E-state index in [4.69, 9.17) is 0 Å². The van der Waals surface area contributed by atoms with Crippen LogP contribution < -0.4 is 0 Å². The third kappa shape index (κ3) is 2.48. The molecule has 3 heterocycles. The van der Waals surface area contributed by atoms with Crippen molar-refractivity contribution in [2.45, 2.75) is 0 Å². The van der Waals surface area contributed by atoms with Crippen molar-refractivity contribution >= 4 is 63.3 Å². The Hall–Kier alpha value is -3.40. The van der Waals surface area contributed by atoms with Gasteiger partial charge in [-0.1, -0.05) is 78.9 Å². The molecule has 0 saturated heterocycles. The molecule has 146 valence electrons. The number of aromatic nitrogens is 1. The van der Waals surface area contributed by atoms with Gasteiger partial charge in [0.2, 0.25) is 0 Å². The van der Waals surface area contributed by atoms with Gasteiger partial charge in [0.15, 0.2) is 0 Å². The third-order valence-corrected chi connectivity index (χ3v) is 8.51. The van der Waals surface area contributed by atoms with Crippen LogP contribution >= 0.6 is 22.7 Å². The van der Waals surface area contributed by atoms with Crippen molar-refractivity contribution in [1.82, 2.24) is 4.57 Å². The fraction of sp³-hybridized carbons (Fsp3) is 0. The molecule has 0 unspecified atom stereocenters. The number of thiophene rings is 2. The van der Waals surface area contributed by atoms with Crippen LogP contribution in [0.25, 0.3) is 57.4 Å². The molecule has 0 bridgehead atoms. The van der Waals surface area contributed by atoms with Gasteiger partial charge >= 0.3 is 0 Å². The lowest BCUT2D eigenvalue weighted by atomic mass is 10.1. The molecule has 7 rings (SSSR count). The maximum absolute atomic E-state index is 2.48. The second-order valence-corrected chi connectivity index (χ2v) is 9.90. The molecule has 0 saturated carbocycles. The van der Waals surface area contributed by atoms with Gasteiger partial charge in [0.25, 0.3) is 0 Å². The Labute approximate surface area is 187 Å². The van der Waals surface area contributed by atoms with Gasteiger partial charge in [-0.15, -0.1) is 22.7 Å². The Morgan fingerprint density at radius 2 is 0.935 bits per heavy atom. The molecule has 4 aromatic carbocycles. The van der Waals surface area contributed by atoms with Crippen molar-refractivity contribution in [3.8, 4) is 16.8 Å². The minimum atomic E-state index is 1.21. The molecule has 0 N–H and O–H groups in total. The largest absolute Gasteiger partial charge is 0.306 e. The van der Waals surface area contributed by atoms with Gasteiger partial charge in [-0.3, -0.25) is 0 Å². The van der Waals surface area contributed by atoms with E-state index < -0.39 is 0 Å². The summed E-state index contributed by atoms with van der Waals surface area (Å²) in [6.45, 7) is 0. The van der Waals surface area contributed by atoms with Crippen LogP contribution in [-0.4, -0.2) is 4.57 Å². The van der Waals surface area contributed by atoms with Crippen molar-refractivity contribution in [3.05, 3.63) is 103 Å². The molecule has 1 nitrogen and oxygen atoms in total. The van der Waals surface area contributed by atoms with E-state index >= 15 is 0 Å². The zero-order valence-corrected chi connectivity index (χ0v) is 18.2. The SMILES string of the molecule is c1ccc(-c2ccc(-n3c4c5ccccc5sc4c4sc5ccccc5c43)cc2)cc1. The molecule has 0 radical (unpaired) electrons. The van der Waals surface area contributed by atoms with E-state index in [2.05, 4.69) is 108 Å². The van der Waals surface area contributed by atoms with E-state index in [0.717, 1.165) is 0 Å². The van der Waals surface area contributed by atoms with Gasteiger partial charge in [0, 0.05) is 25.9 Å². The highest BCUT2D eigenvalue weighted by atomic mass is 32.1. The number of hydrogen-bond acceptors (Lipinski definition) is 2. The fourth-order valence-electron chi connectivity index (χ4n) is 4.62. The normalized spacial score (nSPS) is 11.9. The molecule has 31 heavy (non-hydrogen) atoms. The first-order valence-corrected chi connectivity index (χ1v) is 12.0. The summed E-state index contributed by atoms with van der Waals surface area (Å²) in [5, 5.41) is 2.67. The van der Waals surface area contributed by atoms with E-state index in [9.17, 15) is 0 Å². The van der Waals surface area contributed by atoms with Crippen molar-refractivity contribution in [2.75, 3.05) is 0 Å². The minimum Gasteiger partial charge on any atom is -0.306 e. The Balaban J connectivity index is 1.58. The molecule has 0 fully saturated rings. The highest BCUT2D eigenvalue weighted by molar-refractivity contribution is 7.33. The van der Waals surface area contributed by atoms with Crippen LogP contribution in [0.2, 0.25) is 0 Å². The third-order valence-electron chi connectivity index (χ3n) is 6.02. The lowest BCUT2D eigenvalue weighted by molar-refractivity contribution is 1.20. The van der Waals surface area contributed by atoms with Gasteiger partial charge in [-0.25, -0.2) is 0 Å². The predicted octanol–water partition coefficient (Wildman–Crippen LogP) is 8.88. The lowest BCUT2D eigenvalue weighted by Gasteiger charge is -2.09. The predicted molar refractivity (Wildman–Crippen MR) is 137 cm³/mol. The topological polar surface area (TPSA) is 4.93 Å². The molecule has 0 atom stereocenters. The van der Waals surface area contributed by atoms with E-state index in [1.807, 2.05) is 22.7 Å². The molecule has 0 amide bonds. The van der Waals surface area contributed by atoms with Crippen LogP contribution in [-0.2, 0) is 0 Å². The lowest BCUT2D eigenvalue weighted by Crippen LogP contribution is -1.93. The van der Waals surface area contributed by atoms with E-state index in [1.54, 1.807) is 0 Å². The smallest absolute Gasteiger partial charge is 0.0736 e. The van der Waals surface area contributed by atoms with Crippen molar-refractivity contribution in [2.24, 2.45) is 0 Å². The fourth-order valence-corrected chi connectivity index (χ4v) is 7.13. The Morgan fingerprint density at radius 1 is 0.452 bits per heavy atom. The summed E-state index contributed by atoms with van der Waals surface area (Å²) in [7, 11) is 0. The minimum absolute atomic E-state index is 1.21. The number of benzene rings is 4. The summed E-state index contributed by atoms with van der Waals surface area (Å²) in [6, 6.07) is 37.2. The summed E-state index contributed by atoms with van der Waals surface area (Å²) < 4.78 is 7.97. The zero-order chi connectivity index (χ0) is 20.4. The Bertz CT molecular complexity index is 1630. The maximum Gasteiger partial charge on any atom is 0.0736 e. The van der Waals surface area contributed by atoms with Crippen LogP contribution in [0.4, 0.5) is 0 Å². The highest BCUT2D eigenvalue weighted by Gasteiger charge is 2.21. The highest BCUT2D eigenvalue weighted by Crippen LogP contribution is 2.47. The molecule has 3 aromatic heterocycles. The van der Waals surface area contributed by atoms with Gasteiger partial charge in [0.05, 0.1) is 20.4 Å². The van der Waals surface area contributed by atoms with Gasteiger partial charge < -0.3 is 4.57 Å². The standard InChI is InChI=1S/C28H17NS2/c1-2-8-18(9-3-1)19-14-16-20(17-15-19)29-25-21-10-4-6-12-23(21)30-27(25)28-26(29)22-11-5-7-13-24(22)31-28/h1-17H. The van der Waals surface area contributed by atoms with Crippen LogP contribution in [0.15, 0.2) is 103 Å². The number of rotatable bonds is 2. The molecular formula is C28H17NS2. The molecule has 0 aliphatic heterocycles. The summed E-state index contributed by atoms with van der Waals surface area (Å²) in [4.78, 5) is 0. The van der Waals surface area contributed by atoms with Crippen LogP contribution in [0, 0.1) is 0 Å². The van der Waals surface area contributed by atoms with Crippen molar-refractivity contribution in [1.29, 1.82) is 0 Å². The van der Waals surface area contributed by atoms with Gasteiger partial charge in [-0.2, -0.15) is 0 Å². The first-order valence-electron chi connectivity index (χ1n) is 10.4. The Morgan fingerprint density at radius 3 is 1.52 bits per heavy atom. The van der Waals surface area contributed by atoms with Crippen LogP contribution in [0.5, 0.6) is 0 Å². The maximum atomic E-state index is 2.48. The monoisotopic (exact) mass is 431 g/mol. The Kier molecular flexibility index (Phi) is 3.65. The number of hydrogen-bond donors (Lipinski definition) is 0. The summed E-state index contributed by atoms with van der Waals surface area (Å²) in [5.41, 5.74) is 6.38. The molecular weight excluding hydrogens is 414 g/mol. The second-order valence-electron chi connectivity index (χ2n) is 7.80. The molecule has 3 heteroatoms. The average Bonchev–Trinajstić information content (AvgIpc) is 3.48. The zero-order valence-electron chi connectivity index (χ0n) is 16.6. The number of nitrogens with zero attached hydrogens (tertiary/aromatic N) is 1. The second kappa shape index (κ2) is 6.55. The first-order chi connectivity index (χ1) is 15.4. The number of fused-ring (bicyclic) bond motifs is 7. The first kappa shape index (κ1) is 17.3.